The van der Waals surface area contributed by atoms with Gasteiger partial charge < -0.3 is 9.30 Å². The molecule has 158 valence electrons. The molecule has 0 bridgehead atoms. The van der Waals surface area contributed by atoms with Gasteiger partial charge in [0.25, 0.3) is 0 Å². The maximum atomic E-state index is 13.9. The minimum absolute atomic E-state index is 0.177. The van der Waals surface area contributed by atoms with Crippen molar-refractivity contribution in [2.45, 2.75) is 32.6 Å². The molecule has 3 nitrogen and oxygen atoms in total. The van der Waals surface area contributed by atoms with E-state index in [1.165, 1.54) is 17.2 Å². The fourth-order valence-electron chi connectivity index (χ4n) is 3.94. The van der Waals surface area contributed by atoms with Crippen molar-refractivity contribution in [2.24, 2.45) is 0 Å². The number of halogens is 1. The number of benzene rings is 3. The van der Waals surface area contributed by atoms with Crippen LogP contribution in [-0.2, 0) is 28.8 Å². The fourth-order valence-corrected chi connectivity index (χ4v) is 3.94. The van der Waals surface area contributed by atoms with Gasteiger partial charge in [-0.05, 0) is 73.2 Å². The van der Waals surface area contributed by atoms with Crippen molar-refractivity contribution in [3.8, 4) is 5.69 Å². The SMILES string of the molecule is CCOC(=O)CCc1ccc2c(c1)c(CCc1ccccc1)cn2-c1cccc(F)c1. The number of fused-ring (bicyclic) bond motifs is 1. The Kier molecular flexibility index (Phi) is 6.46. The van der Waals surface area contributed by atoms with E-state index in [9.17, 15) is 9.18 Å². The molecule has 0 radical (unpaired) electrons. The Hall–Kier alpha value is -3.40. The number of esters is 1. The average Bonchev–Trinajstić information content (AvgIpc) is 3.15. The molecule has 0 N–H and O–H groups in total. The second-order valence-electron chi connectivity index (χ2n) is 7.65. The molecule has 0 aliphatic rings. The molecule has 1 heterocycles. The number of aryl methyl sites for hydroxylation is 3. The number of carbonyl (C=O) groups is 1. The molecule has 0 unspecified atom stereocenters. The highest BCUT2D eigenvalue weighted by atomic mass is 19.1. The first-order chi connectivity index (χ1) is 15.1. The summed E-state index contributed by atoms with van der Waals surface area (Å²) in [4.78, 5) is 11.8. The summed E-state index contributed by atoms with van der Waals surface area (Å²) in [6.45, 7) is 2.22. The monoisotopic (exact) mass is 415 g/mol. The first kappa shape index (κ1) is 20.9. The van der Waals surface area contributed by atoms with Crippen LogP contribution in [0.15, 0.2) is 79.0 Å². The lowest BCUT2D eigenvalue weighted by atomic mass is 10.0. The van der Waals surface area contributed by atoms with Gasteiger partial charge in [0.2, 0.25) is 0 Å². The van der Waals surface area contributed by atoms with Gasteiger partial charge in [-0.3, -0.25) is 4.79 Å². The number of rotatable bonds is 8. The lowest BCUT2D eigenvalue weighted by molar-refractivity contribution is -0.143. The van der Waals surface area contributed by atoms with Gasteiger partial charge in [0.1, 0.15) is 5.82 Å². The molecule has 31 heavy (non-hydrogen) atoms. The second kappa shape index (κ2) is 9.61. The third-order valence-corrected chi connectivity index (χ3v) is 5.49. The molecule has 0 aliphatic heterocycles. The van der Waals surface area contributed by atoms with Crippen LogP contribution in [0.4, 0.5) is 4.39 Å². The number of hydrogen-bond acceptors (Lipinski definition) is 2. The van der Waals surface area contributed by atoms with Gasteiger partial charge >= 0.3 is 5.97 Å². The van der Waals surface area contributed by atoms with E-state index >= 15 is 0 Å². The van der Waals surface area contributed by atoms with Gasteiger partial charge in [0, 0.05) is 23.7 Å². The van der Waals surface area contributed by atoms with Crippen LogP contribution in [0.25, 0.3) is 16.6 Å². The van der Waals surface area contributed by atoms with Gasteiger partial charge in [0.05, 0.1) is 12.1 Å². The lowest BCUT2D eigenvalue weighted by Gasteiger charge is -2.07. The van der Waals surface area contributed by atoms with Crippen LogP contribution in [-0.4, -0.2) is 17.1 Å². The highest BCUT2D eigenvalue weighted by molar-refractivity contribution is 5.86. The molecule has 4 heteroatoms. The quantitative estimate of drug-likeness (QED) is 0.328. The molecule has 0 spiro atoms. The van der Waals surface area contributed by atoms with Gasteiger partial charge in [0.15, 0.2) is 0 Å². The average molecular weight is 416 g/mol. The van der Waals surface area contributed by atoms with Gasteiger partial charge in [-0.2, -0.15) is 0 Å². The molecule has 0 aliphatic carbocycles. The summed E-state index contributed by atoms with van der Waals surface area (Å²) in [5.74, 6) is -0.430. The Morgan fingerprint density at radius 1 is 0.903 bits per heavy atom. The van der Waals surface area contributed by atoms with Crippen LogP contribution < -0.4 is 0 Å². The van der Waals surface area contributed by atoms with Gasteiger partial charge in [-0.25, -0.2) is 4.39 Å². The Bertz CT molecular complexity index is 1180. The van der Waals surface area contributed by atoms with E-state index in [1.54, 1.807) is 12.1 Å². The predicted octanol–water partition coefficient (Wildman–Crippen LogP) is 6.05. The van der Waals surface area contributed by atoms with Crippen LogP contribution in [0.3, 0.4) is 0 Å². The van der Waals surface area contributed by atoms with E-state index in [-0.39, 0.29) is 11.8 Å². The third kappa shape index (κ3) is 5.02. The third-order valence-electron chi connectivity index (χ3n) is 5.49. The van der Waals surface area contributed by atoms with Crippen molar-refractivity contribution >= 4 is 16.9 Å². The summed E-state index contributed by atoms with van der Waals surface area (Å²) in [6, 6.07) is 23.3. The Labute approximate surface area is 182 Å². The number of ether oxygens (including phenoxy) is 1. The van der Waals surface area contributed by atoms with Crippen molar-refractivity contribution in [1.82, 2.24) is 4.57 Å². The van der Waals surface area contributed by atoms with Crippen molar-refractivity contribution in [3.05, 3.63) is 102 Å². The van der Waals surface area contributed by atoms with Crippen molar-refractivity contribution in [2.75, 3.05) is 6.61 Å². The largest absolute Gasteiger partial charge is 0.466 e. The number of aromatic nitrogens is 1. The molecule has 0 atom stereocenters. The summed E-state index contributed by atoms with van der Waals surface area (Å²) < 4.78 is 21.0. The molecule has 0 fully saturated rings. The van der Waals surface area contributed by atoms with Crippen LogP contribution in [0.1, 0.15) is 30.0 Å². The first-order valence-corrected chi connectivity index (χ1v) is 10.7. The zero-order chi connectivity index (χ0) is 21.6. The van der Waals surface area contributed by atoms with E-state index in [4.69, 9.17) is 4.74 Å². The molecule has 0 saturated heterocycles. The topological polar surface area (TPSA) is 31.2 Å². The molecule has 4 aromatic rings. The zero-order valence-electron chi connectivity index (χ0n) is 17.7. The lowest BCUT2D eigenvalue weighted by Crippen LogP contribution is -2.05. The van der Waals surface area contributed by atoms with Crippen LogP contribution in [0.5, 0.6) is 0 Å². The molecular formula is C27H26FNO2. The van der Waals surface area contributed by atoms with Crippen molar-refractivity contribution in [3.63, 3.8) is 0 Å². The highest BCUT2D eigenvalue weighted by Crippen LogP contribution is 2.28. The molecule has 1 aromatic heterocycles. The number of hydrogen-bond donors (Lipinski definition) is 0. The van der Waals surface area contributed by atoms with E-state index in [1.807, 2.05) is 29.7 Å². The number of carbonyl (C=O) groups excluding carboxylic acids is 1. The molecule has 4 rings (SSSR count). The molecule has 3 aromatic carbocycles. The summed E-state index contributed by atoms with van der Waals surface area (Å²) in [6.07, 6.45) is 4.92. The minimum Gasteiger partial charge on any atom is -0.466 e. The summed E-state index contributed by atoms with van der Waals surface area (Å²) in [5.41, 5.74) is 5.43. The Morgan fingerprint density at radius 2 is 1.74 bits per heavy atom. The maximum absolute atomic E-state index is 13.9. The smallest absolute Gasteiger partial charge is 0.306 e. The Balaban J connectivity index is 1.68. The highest BCUT2D eigenvalue weighted by Gasteiger charge is 2.12. The number of nitrogens with zero attached hydrogens (tertiary/aromatic N) is 1. The predicted molar refractivity (Wildman–Crippen MR) is 122 cm³/mol. The zero-order valence-corrected chi connectivity index (χ0v) is 17.7. The Morgan fingerprint density at radius 3 is 2.52 bits per heavy atom. The molecule has 0 saturated carbocycles. The van der Waals surface area contributed by atoms with Gasteiger partial charge in [-0.1, -0.05) is 42.5 Å². The summed E-state index contributed by atoms with van der Waals surface area (Å²) in [7, 11) is 0. The second-order valence-corrected chi connectivity index (χ2v) is 7.65. The molecule has 0 amide bonds. The van der Waals surface area contributed by atoms with Gasteiger partial charge in [-0.15, -0.1) is 0 Å². The maximum Gasteiger partial charge on any atom is 0.306 e. The fraction of sp³-hybridized carbons (Fsp3) is 0.222. The van der Waals surface area contributed by atoms with E-state index in [2.05, 4.69) is 42.6 Å². The first-order valence-electron chi connectivity index (χ1n) is 10.7. The molecular weight excluding hydrogens is 389 g/mol. The van der Waals surface area contributed by atoms with Crippen LogP contribution >= 0.6 is 0 Å². The van der Waals surface area contributed by atoms with Crippen LogP contribution in [0, 0.1) is 5.82 Å². The van der Waals surface area contributed by atoms with E-state index in [0.29, 0.717) is 19.4 Å². The standard InChI is InChI=1S/C27H26FNO2/c1-2-31-27(30)16-13-21-12-15-26-25(17-21)22(14-11-20-7-4-3-5-8-20)19-29(26)24-10-6-9-23(28)18-24/h3-10,12,15,17-19H,2,11,13-14,16H2,1H3. The minimum atomic E-state index is -0.253. The summed E-state index contributed by atoms with van der Waals surface area (Å²) >= 11 is 0. The van der Waals surface area contributed by atoms with E-state index < -0.39 is 0 Å². The van der Waals surface area contributed by atoms with Crippen molar-refractivity contribution < 1.29 is 13.9 Å². The summed E-state index contributed by atoms with van der Waals surface area (Å²) in [5, 5.41) is 1.14. The van der Waals surface area contributed by atoms with Crippen LogP contribution in [0.2, 0.25) is 0 Å². The van der Waals surface area contributed by atoms with Crippen molar-refractivity contribution in [1.29, 1.82) is 0 Å². The van der Waals surface area contributed by atoms with E-state index in [0.717, 1.165) is 35.0 Å². The normalized spacial score (nSPS) is 11.0.